The van der Waals surface area contributed by atoms with Gasteiger partial charge in [-0.25, -0.2) is 13.8 Å². The molecule has 0 aliphatic heterocycles. The summed E-state index contributed by atoms with van der Waals surface area (Å²) in [6.45, 7) is -0.306. The first kappa shape index (κ1) is 34.0. The van der Waals surface area contributed by atoms with E-state index in [0.29, 0.717) is 50.1 Å². The van der Waals surface area contributed by atoms with Gasteiger partial charge >= 0.3 is 0 Å². The third kappa shape index (κ3) is 7.28. The molecule has 48 heavy (non-hydrogen) atoms. The van der Waals surface area contributed by atoms with E-state index in [1.54, 1.807) is 42.5 Å². The fraction of sp³-hybridized carbons (Fsp3) is 0.206. The molecule has 2 heterocycles. The van der Waals surface area contributed by atoms with Gasteiger partial charge in [0.25, 0.3) is 11.5 Å². The molecular formula is C34H31BrF2N4O7. The number of anilines is 1. The zero-order chi connectivity index (χ0) is 34.4. The summed E-state index contributed by atoms with van der Waals surface area (Å²) in [4.78, 5) is 38.5. The number of rotatable bonds is 13. The molecule has 0 unspecified atom stereocenters. The zero-order valence-electron chi connectivity index (χ0n) is 26.4. The first-order chi connectivity index (χ1) is 23.2. The topological polar surface area (TPSA) is 122 Å². The number of hydrogen-bond acceptors (Lipinski definition) is 9. The molecule has 11 nitrogen and oxygen atoms in total. The molecule has 0 aliphatic carbocycles. The fourth-order valence-corrected chi connectivity index (χ4v) is 5.28. The third-order valence-corrected chi connectivity index (χ3v) is 7.82. The van der Waals surface area contributed by atoms with Crippen LogP contribution in [0.5, 0.6) is 23.0 Å². The van der Waals surface area contributed by atoms with Crippen LogP contribution in [0.4, 0.5) is 14.5 Å². The highest BCUT2D eigenvalue weighted by Gasteiger charge is 2.25. The Balaban J connectivity index is 1.59. The summed E-state index contributed by atoms with van der Waals surface area (Å²) in [6, 6.07) is 15.1. The number of nitrogens with one attached hydrogen (secondary N) is 2. The normalized spacial score (nSPS) is 10.8. The Morgan fingerprint density at radius 2 is 1.60 bits per heavy atom. The molecule has 5 rings (SSSR count). The van der Waals surface area contributed by atoms with E-state index in [1.807, 2.05) is 0 Å². The van der Waals surface area contributed by atoms with Crippen molar-refractivity contribution in [2.24, 2.45) is 0 Å². The van der Waals surface area contributed by atoms with Gasteiger partial charge in [0.05, 0.1) is 34.1 Å². The Bertz CT molecular complexity index is 2040. The minimum Gasteiger partial charge on any atom is -0.497 e. The predicted octanol–water partition coefficient (Wildman–Crippen LogP) is 5.64. The van der Waals surface area contributed by atoms with E-state index in [1.165, 1.54) is 40.7 Å². The number of halogens is 3. The molecule has 2 aromatic heterocycles. The molecule has 0 spiro atoms. The summed E-state index contributed by atoms with van der Waals surface area (Å²) in [5.74, 6) is -0.382. The van der Waals surface area contributed by atoms with E-state index >= 15 is 0 Å². The summed E-state index contributed by atoms with van der Waals surface area (Å²) in [5.41, 5.74) is 0.458. The van der Waals surface area contributed by atoms with Crippen molar-refractivity contribution in [2.75, 3.05) is 33.8 Å². The van der Waals surface area contributed by atoms with E-state index < -0.39 is 23.1 Å². The van der Waals surface area contributed by atoms with E-state index in [9.17, 15) is 18.4 Å². The highest BCUT2D eigenvalue weighted by Crippen LogP contribution is 2.31. The fourth-order valence-electron chi connectivity index (χ4n) is 4.95. The van der Waals surface area contributed by atoms with Gasteiger partial charge in [-0.2, -0.15) is 0 Å². The molecule has 5 aromatic rings. The van der Waals surface area contributed by atoms with Gasteiger partial charge < -0.3 is 34.4 Å². The number of carbonyl (C=O) groups excluding carboxylic acids is 1. The van der Waals surface area contributed by atoms with Gasteiger partial charge in [-0.15, -0.1) is 4.73 Å². The molecule has 0 fully saturated rings. The van der Waals surface area contributed by atoms with Crippen molar-refractivity contribution in [3.63, 3.8) is 0 Å². The Labute approximate surface area is 282 Å². The van der Waals surface area contributed by atoms with Crippen molar-refractivity contribution in [3.8, 4) is 23.0 Å². The van der Waals surface area contributed by atoms with Crippen LogP contribution >= 0.6 is 15.9 Å². The van der Waals surface area contributed by atoms with Gasteiger partial charge in [-0.05, 0) is 57.9 Å². The quantitative estimate of drug-likeness (QED) is 0.159. The minimum atomic E-state index is -0.845. The van der Waals surface area contributed by atoms with Crippen LogP contribution in [-0.4, -0.2) is 44.1 Å². The molecule has 0 aliphatic rings. The number of methoxy groups -OCH3 is 4. The van der Waals surface area contributed by atoms with Crippen LogP contribution in [0, 0.1) is 11.6 Å². The van der Waals surface area contributed by atoms with Crippen LogP contribution in [0.25, 0.3) is 11.0 Å². The number of ether oxygens (including phenoxy) is 4. The maximum Gasteiger partial charge on any atom is 0.300 e. The number of pyridine rings is 2. The average molecular weight is 726 g/mol. The molecule has 250 valence electrons. The molecule has 0 saturated carbocycles. The van der Waals surface area contributed by atoms with Gasteiger partial charge in [-0.1, -0.05) is 12.1 Å². The molecule has 0 bridgehead atoms. The van der Waals surface area contributed by atoms with Crippen LogP contribution in [0.3, 0.4) is 0 Å². The monoisotopic (exact) mass is 724 g/mol. The van der Waals surface area contributed by atoms with Gasteiger partial charge in [0.15, 0.2) is 17.1 Å². The highest BCUT2D eigenvalue weighted by atomic mass is 79.9. The summed E-state index contributed by atoms with van der Waals surface area (Å²) in [5, 5.41) is 6.16. The SMILES string of the molecule is COc1ccc(CNc2c(C(=O)NCc3ccc(F)cc3F)c(=O)n(OCc3ccc(OC)c(OC)c3)c3ncc(Br)cc23)c(OC)c1. The lowest BCUT2D eigenvalue weighted by atomic mass is 10.1. The van der Waals surface area contributed by atoms with E-state index in [0.717, 1.165) is 10.8 Å². The Morgan fingerprint density at radius 3 is 2.31 bits per heavy atom. The molecule has 0 radical (unpaired) electrons. The van der Waals surface area contributed by atoms with Gasteiger partial charge in [0, 0.05) is 52.4 Å². The van der Waals surface area contributed by atoms with Crippen LogP contribution in [0.15, 0.2) is 76.1 Å². The molecule has 1 amide bonds. The second-order valence-corrected chi connectivity index (χ2v) is 11.2. The Kier molecular flexibility index (Phi) is 10.6. The van der Waals surface area contributed by atoms with Gasteiger partial charge in [-0.3, -0.25) is 9.59 Å². The summed E-state index contributed by atoms with van der Waals surface area (Å²) in [6.07, 6.45) is 1.49. The molecule has 14 heteroatoms. The maximum absolute atomic E-state index is 14.4. The largest absolute Gasteiger partial charge is 0.497 e. The van der Waals surface area contributed by atoms with Crippen LogP contribution in [0.1, 0.15) is 27.0 Å². The Morgan fingerprint density at radius 1 is 0.854 bits per heavy atom. The highest BCUT2D eigenvalue weighted by molar-refractivity contribution is 9.10. The average Bonchev–Trinajstić information content (AvgIpc) is 3.09. The van der Waals surface area contributed by atoms with E-state index in [2.05, 4.69) is 31.5 Å². The van der Waals surface area contributed by atoms with Crippen molar-refractivity contribution >= 4 is 38.6 Å². The number of amides is 1. The Hall–Kier alpha value is -5.37. The number of benzene rings is 3. The molecule has 0 saturated heterocycles. The van der Waals surface area contributed by atoms with Crippen LogP contribution < -0.4 is 40.0 Å². The zero-order valence-corrected chi connectivity index (χ0v) is 27.9. The summed E-state index contributed by atoms with van der Waals surface area (Å²) < 4.78 is 51.0. The first-order valence-corrected chi connectivity index (χ1v) is 15.2. The minimum absolute atomic E-state index is 0.0254. The molecule has 3 aromatic carbocycles. The number of fused-ring (bicyclic) bond motifs is 1. The molecule has 0 atom stereocenters. The summed E-state index contributed by atoms with van der Waals surface area (Å²) in [7, 11) is 6.06. The lowest BCUT2D eigenvalue weighted by molar-refractivity contribution is 0.0897. The second-order valence-electron chi connectivity index (χ2n) is 10.3. The number of nitrogens with zero attached hydrogens (tertiary/aromatic N) is 2. The third-order valence-electron chi connectivity index (χ3n) is 7.38. The van der Waals surface area contributed by atoms with Crippen molar-refractivity contribution in [3.05, 3.63) is 116 Å². The predicted molar refractivity (Wildman–Crippen MR) is 178 cm³/mol. The van der Waals surface area contributed by atoms with Crippen molar-refractivity contribution in [1.29, 1.82) is 0 Å². The smallest absolute Gasteiger partial charge is 0.300 e. The van der Waals surface area contributed by atoms with E-state index in [4.69, 9.17) is 23.8 Å². The maximum atomic E-state index is 14.4. The van der Waals surface area contributed by atoms with Crippen LogP contribution in [-0.2, 0) is 19.7 Å². The first-order valence-electron chi connectivity index (χ1n) is 14.4. The van der Waals surface area contributed by atoms with Crippen molar-refractivity contribution in [2.45, 2.75) is 19.7 Å². The number of hydrogen-bond donors (Lipinski definition) is 2. The second kappa shape index (κ2) is 15.0. The van der Waals surface area contributed by atoms with Gasteiger partial charge in [0.1, 0.15) is 35.3 Å². The van der Waals surface area contributed by atoms with Gasteiger partial charge in [0.2, 0.25) is 0 Å². The lowest BCUT2D eigenvalue weighted by Gasteiger charge is -2.19. The lowest BCUT2D eigenvalue weighted by Crippen LogP contribution is -2.37. The van der Waals surface area contributed by atoms with Crippen molar-refractivity contribution < 1.29 is 37.4 Å². The van der Waals surface area contributed by atoms with Crippen molar-refractivity contribution in [1.82, 2.24) is 15.0 Å². The number of carbonyl (C=O) groups is 1. The number of aromatic nitrogens is 2. The standard InChI is InChI=1S/C34H31BrF2N4O7/c1-44-24-9-7-21(28(14-24)46-3)16-38-31-25-12-22(35)17-39-32(25)41(48-18-19-5-10-27(45-2)29(11-19)47-4)34(43)30(31)33(42)40-15-20-6-8-23(36)13-26(20)37/h5-14,17,38H,15-16,18H2,1-4H3,(H,40,42). The summed E-state index contributed by atoms with van der Waals surface area (Å²) >= 11 is 3.44. The molecule has 2 N–H and O–H groups in total. The molecular weight excluding hydrogens is 694 g/mol. The van der Waals surface area contributed by atoms with E-state index in [-0.39, 0.29) is 42.2 Å². The van der Waals surface area contributed by atoms with Crippen LogP contribution in [0.2, 0.25) is 0 Å².